The van der Waals surface area contributed by atoms with Gasteiger partial charge in [-0.3, -0.25) is 13.9 Å². The van der Waals surface area contributed by atoms with Crippen LogP contribution >= 0.6 is 0 Å². The van der Waals surface area contributed by atoms with Gasteiger partial charge in [-0.25, -0.2) is 8.42 Å². The van der Waals surface area contributed by atoms with Gasteiger partial charge in [-0.1, -0.05) is 29.8 Å². The first kappa shape index (κ1) is 16.2. The van der Waals surface area contributed by atoms with Gasteiger partial charge in [0.05, 0.1) is 5.69 Å². The number of carbonyl (C=O) groups excluding carboxylic acids is 2. The fourth-order valence-corrected chi connectivity index (χ4v) is 4.10. The highest BCUT2D eigenvalue weighted by atomic mass is 32.2. The summed E-state index contributed by atoms with van der Waals surface area (Å²) in [5.41, 5.74) is 1.94. The normalized spacial score (nSPS) is 18.8. The second-order valence-electron chi connectivity index (χ2n) is 5.63. The molecule has 0 unspecified atom stereocenters. The molecule has 1 amide bonds. The standard InChI is InChI=1S/C17H16N2O4S/c1-11-7-9-12(10-8-11)18-17(21)16-15(20)13-5-3-4-6-14(13)19(2)24(16,22)23/h3-10,16H,1-2H3,(H,18,21)/t16-/m1/s1. The number of anilines is 2. The van der Waals surface area contributed by atoms with Crippen LogP contribution in [0.15, 0.2) is 48.5 Å². The average molecular weight is 344 g/mol. The summed E-state index contributed by atoms with van der Waals surface area (Å²) in [6, 6.07) is 13.2. The van der Waals surface area contributed by atoms with Crippen LogP contribution in [0.2, 0.25) is 0 Å². The van der Waals surface area contributed by atoms with Gasteiger partial charge in [-0.2, -0.15) is 0 Å². The number of carbonyl (C=O) groups is 2. The fourth-order valence-electron chi connectivity index (χ4n) is 2.63. The van der Waals surface area contributed by atoms with Crippen LogP contribution in [-0.4, -0.2) is 32.4 Å². The van der Waals surface area contributed by atoms with E-state index in [2.05, 4.69) is 5.32 Å². The summed E-state index contributed by atoms with van der Waals surface area (Å²) in [5.74, 6) is -1.57. The average Bonchev–Trinajstić information content (AvgIpc) is 2.55. The van der Waals surface area contributed by atoms with Gasteiger partial charge in [0.25, 0.3) is 15.9 Å². The zero-order chi connectivity index (χ0) is 17.5. The molecular weight excluding hydrogens is 328 g/mol. The molecule has 0 aromatic heterocycles. The molecule has 0 saturated carbocycles. The Balaban J connectivity index is 1.99. The first-order valence-corrected chi connectivity index (χ1v) is 8.81. The van der Waals surface area contributed by atoms with Crippen LogP contribution in [0.1, 0.15) is 15.9 Å². The van der Waals surface area contributed by atoms with Crippen molar-refractivity contribution in [1.29, 1.82) is 0 Å². The monoisotopic (exact) mass is 344 g/mol. The van der Waals surface area contributed by atoms with E-state index in [9.17, 15) is 18.0 Å². The number of amides is 1. The maximum absolute atomic E-state index is 12.6. The Labute approximate surface area is 140 Å². The van der Waals surface area contributed by atoms with E-state index in [0.29, 0.717) is 5.69 Å². The molecule has 1 aliphatic heterocycles. The molecule has 3 rings (SSSR count). The molecule has 7 heteroatoms. The highest BCUT2D eigenvalue weighted by molar-refractivity contribution is 7.95. The molecule has 24 heavy (non-hydrogen) atoms. The quantitative estimate of drug-likeness (QED) is 0.844. The predicted octanol–water partition coefficient (Wildman–Crippen LogP) is 1.96. The van der Waals surface area contributed by atoms with E-state index >= 15 is 0 Å². The fraction of sp³-hybridized carbons (Fsp3) is 0.176. The molecule has 0 spiro atoms. The third-order valence-electron chi connectivity index (χ3n) is 3.98. The number of para-hydroxylation sites is 1. The van der Waals surface area contributed by atoms with Crippen LogP contribution in [0.5, 0.6) is 0 Å². The summed E-state index contributed by atoms with van der Waals surface area (Å²) < 4.78 is 26.2. The number of aryl methyl sites for hydroxylation is 1. The Morgan fingerprint density at radius 3 is 2.38 bits per heavy atom. The Hall–Kier alpha value is -2.67. The van der Waals surface area contributed by atoms with Crippen molar-refractivity contribution in [3.05, 3.63) is 59.7 Å². The number of nitrogens with zero attached hydrogens (tertiary/aromatic N) is 1. The third kappa shape index (κ3) is 2.56. The minimum Gasteiger partial charge on any atom is -0.324 e. The topological polar surface area (TPSA) is 83.6 Å². The number of nitrogens with one attached hydrogen (secondary N) is 1. The van der Waals surface area contributed by atoms with Gasteiger partial charge in [0.1, 0.15) is 0 Å². The van der Waals surface area contributed by atoms with Crippen LogP contribution in [0.4, 0.5) is 11.4 Å². The number of hydrogen-bond donors (Lipinski definition) is 1. The molecule has 0 fully saturated rings. The van der Waals surface area contributed by atoms with Crippen molar-refractivity contribution >= 4 is 33.1 Å². The summed E-state index contributed by atoms with van der Waals surface area (Å²) >= 11 is 0. The summed E-state index contributed by atoms with van der Waals surface area (Å²) in [6.07, 6.45) is 0. The van der Waals surface area contributed by atoms with Gasteiger partial charge in [-0.05, 0) is 31.2 Å². The molecular formula is C17H16N2O4S. The van der Waals surface area contributed by atoms with Crippen LogP contribution in [0.3, 0.4) is 0 Å². The Morgan fingerprint density at radius 2 is 1.71 bits per heavy atom. The maximum atomic E-state index is 12.6. The SMILES string of the molecule is Cc1ccc(NC(=O)[C@H]2C(=O)c3ccccc3N(C)S2(=O)=O)cc1. The van der Waals surface area contributed by atoms with Crippen LogP contribution in [0, 0.1) is 6.92 Å². The van der Waals surface area contributed by atoms with Gasteiger partial charge in [0.2, 0.25) is 5.25 Å². The largest absolute Gasteiger partial charge is 0.324 e. The van der Waals surface area contributed by atoms with Crippen molar-refractivity contribution in [1.82, 2.24) is 0 Å². The lowest BCUT2D eigenvalue weighted by Crippen LogP contribution is -2.51. The molecule has 2 aromatic carbocycles. The summed E-state index contributed by atoms with van der Waals surface area (Å²) in [6.45, 7) is 1.90. The highest BCUT2D eigenvalue weighted by Crippen LogP contribution is 2.32. The molecule has 1 heterocycles. The van der Waals surface area contributed by atoms with Crippen molar-refractivity contribution in [3.63, 3.8) is 0 Å². The molecule has 1 N–H and O–H groups in total. The van der Waals surface area contributed by atoms with Crippen molar-refractivity contribution < 1.29 is 18.0 Å². The number of benzene rings is 2. The number of rotatable bonds is 2. The van der Waals surface area contributed by atoms with Crippen molar-refractivity contribution in [3.8, 4) is 0 Å². The van der Waals surface area contributed by atoms with Gasteiger partial charge in [0.15, 0.2) is 5.78 Å². The molecule has 1 aliphatic rings. The molecule has 124 valence electrons. The van der Waals surface area contributed by atoms with Crippen molar-refractivity contribution in [2.75, 3.05) is 16.7 Å². The maximum Gasteiger partial charge on any atom is 0.254 e. The zero-order valence-corrected chi connectivity index (χ0v) is 14.0. The Morgan fingerprint density at radius 1 is 1.08 bits per heavy atom. The van der Waals surface area contributed by atoms with Crippen molar-refractivity contribution in [2.24, 2.45) is 0 Å². The van der Waals surface area contributed by atoms with Gasteiger partial charge >= 0.3 is 0 Å². The lowest BCUT2D eigenvalue weighted by atomic mass is 10.0. The van der Waals surface area contributed by atoms with E-state index in [1.165, 1.54) is 13.1 Å². The lowest BCUT2D eigenvalue weighted by Gasteiger charge is -2.31. The molecule has 6 nitrogen and oxygen atoms in total. The number of fused-ring (bicyclic) bond motifs is 1. The summed E-state index contributed by atoms with van der Waals surface area (Å²) in [5, 5.41) is 0.718. The van der Waals surface area contributed by atoms with E-state index in [1.54, 1.807) is 42.5 Å². The van der Waals surface area contributed by atoms with E-state index < -0.39 is 27.0 Å². The van der Waals surface area contributed by atoms with E-state index in [1.807, 2.05) is 6.92 Å². The van der Waals surface area contributed by atoms with Crippen LogP contribution < -0.4 is 9.62 Å². The minimum absolute atomic E-state index is 0.221. The molecule has 0 aliphatic carbocycles. The highest BCUT2D eigenvalue weighted by Gasteiger charge is 2.47. The van der Waals surface area contributed by atoms with E-state index in [0.717, 1.165) is 9.87 Å². The Kier molecular flexibility index (Phi) is 3.88. The molecule has 0 saturated heterocycles. The molecule has 2 aromatic rings. The summed E-state index contributed by atoms with van der Waals surface area (Å²) in [7, 11) is -2.78. The first-order chi connectivity index (χ1) is 11.3. The zero-order valence-electron chi connectivity index (χ0n) is 13.2. The first-order valence-electron chi connectivity index (χ1n) is 7.31. The lowest BCUT2D eigenvalue weighted by molar-refractivity contribution is -0.115. The Bertz CT molecular complexity index is 920. The minimum atomic E-state index is -4.12. The molecule has 0 bridgehead atoms. The predicted molar refractivity (Wildman–Crippen MR) is 91.7 cm³/mol. The second kappa shape index (κ2) is 5.76. The molecule has 1 atom stereocenters. The van der Waals surface area contributed by atoms with Gasteiger partial charge in [0, 0.05) is 18.3 Å². The number of hydrogen-bond acceptors (Lipinski definition) is 4. The number of sulfonamides is 1. The van der Waals surface area contributed by atoms with Gasteiger partial charge in [-0.15, -0.1) is 0 Å². The van der Waals surface area contributed by atoms with E-state index in [-0.39, 0.29) is 11.3 Å². The summed E-state index contributed by atoms with van der Waals surface area (Å²) in [4.78, 5) is 25.1. The van der Waals surface area contributed by atoms with E-state index in [4.69, 9.17) is 0 Å². The van der Waals surface area contributed by atoms with Crippen molar-refractivity contribution in [2.45, 2.75) is 12.2 Å². The van der Waals surface area contributed by atoms with Crippen LogP contribution in [0.25, 0.3) is 0 Å². The third-order valence-corrected chi connectivity index (χ3v) is 5.97. The van der Waals surface area contributed by atoms with Crippen LogP contribution in [-0.2, 0) is 14.8 Å². The smallest absolute Gasteiger partial charge is 0.254 e. The second-order valence-corrected chi connectivity index (χ2v) is 7.68. The van der Waals surface area contributed by atoms with Gasteiger partial charge < -0.3 is 5.32 Å². The number of Topliss-reactive ketones (excluding diaryl/α,β-unsaturated/α-hetero) is 1. The number of ketones is 1. The molecule has 0 radical (unpaired) electrons.